The zero-order valence-electron chi connectivity index (χ0n) is 16.4. The lowest BCUT2D eigenvalue weighted by atomic mass is 10.1. The summed E-state index contributed by atoms with van der Waals surface area (Å²) in [7, 11) is 0. The van der Waals surface area contributed by atoms with Gasteiger partial charge >= 0.3 is 0 Å². The highest BCUT2D eigenvalue weighted by molar-refractivity contribution is 5.75. The Labute approximate surface area is 173 Å². The molecule has 1 fully saturated rings. The molecule has 1 saturated heterocycles. The molecule has 1 aromatic carbocycles. The van der Waals surface area contributed by atoms with Gasteiger partial charge in [0.15, 0.2) is 0 Å². The number of ether oxygens (including phenoxy) is 1. The second kappa shape index (κ2) is 8.08. The van der Waals surface area contributed by atoms with Crippen molar-refractivity contribution in [2.75, 3.05) is 18.5 Å². The fraction of sp³-hybridized carbons (Fsp3) is 0.273. The summed E-state index contributed by atoms with van der Waals surface area (Å²) in [5.41, 5.74) is 4.33. The second-order valence-corrected chi connectivity index (χ2v) is 7.43. The molecule has 3 aromatic heterocycles. The van der Waals surface area contributed by atoms with Crippen molar-refractivity contribution in [2.24, 2.45) is 0 Å². The molecule has 8 heteroatoms. The molecule has 30 heavy (non-hydrogen) atoms. The maximum Gasteiger partial charge on any atom is 0.251 e. The van der Waals surface area contributed by atoms with E-state index in [1.54, 1.807) is 23.2 Å². The number of fused-ring (bicyclic) bond motifs is 1. The van der Waals surface area contributed by atoms with Crippen LogP contribution in [0.5, 0.6) is 0 Å². The monoisotopic (exact) mass is 402 g/mol. The predicted molar refractivity (Wildman–Crippen MR) is 114 cm³/mol. The molecule has 2 N–H and O–H groups in total. The molecule has 0 aliphatic carbocycles. The topological polar surface area (TPSA) is 97.7 Å². The van der Waals surface area contributed by atoms with Gasteiger partial charge in [0.1, 0.15) is 0 Å². The van der Waals surface area contributed by atoms with Crippen LogP contribution in [0.15, 0.2) is 59.9 Å². The molecule has 1 aliphatic rings. The third kappa shape index (κ3) is 3.95. The number of aromatic amines is 1. The minimum atomic E-state index is -0.0743. The van der Waals surface area contributed by atoms with Crippen molar-refractivity contribution in [3.05, 3.63) is 71.0 Å². The zero-order valence-corrected chi connectivity index (χ0v) is 16.4. The first-order chi connectivity index (χ1) is 14.7. The summed E-state index contributed by atoms with van der Waals surface area (Å²) < 4.78 is 7.08. The Hall–Kier alpha value is -3.52. The molecule has 5 rings (SSSR count). The van der Waals surface area contributed by atoms with E-state index in [4.69, 9.17) is 4.74 Å². The van der Waals surface area contributed by atoms with Crippen LogP contribution in [0.2, 0.25) is 0 Å². The molecule has 4 heterocycles. The van der Waals surface area contributed by atoms with E-state index >= 15 is 0 Å². The summed E-state index contributed by atoms with van der Waals surface area (Å²) >= 11 is 0. The second-order valence-electron chi connectivity index (χ2n) is 7.43. The van der Waals surface area contributed by atoms with E-state index in [1.165, 1.54) is 0 Å². The van der Waals surface area contributed by atoms with E-state index < -0.39 is 0 Å². The third-order valence-corrected chi connectivity index (χ3v) is 5.34. The standard InChI is InChI=1S/C22H22N6O2/c29-21-12-16(18-3-7-23-22(27-18)26-17-5-9-30-10-6-17)4-8-28(21)13-15-1-2-19-20(11-15)25-14-24-19/h1-4,7-8,11-12,14,17H,5-6,9-10,13H2,(H,24,25)(H,23,26,27). The Bertz CT molecular complexity index is 1230. The first-order valence-electron chi connectivity index (χ1n) is 10.0. The number of hydrogen-bond donors (Lipinski definition) is 2. The van der Waals surface area contributed by atoms with Crippen LogP contribution >= 0.6 is 0 Å². The molecule has 0 bridgehead atoms. The summed E-state index contributed by atoms with van der Waals surface area (Å²) in [4.78, 5) is 28.9. The van der Waals surface area contributed by atoms with Crippen LogP contribution in [0.3, 0.4) is 0 Å². The number of benzene rings is 1. The summed E-state index contributed by atoms with van der Waals surface area (Å²) in [6, 6.07) is 11.6. The van der Waals surface area contributed by atoms with Gasteiger partial charge in [0.2, 0.25) is 5.95 Å². The Balaban J connectivity index is 1.35. The number of rotatable bonds is 5. The van der Waals surface area contributed by atoms with Crippen LogP contribution in [0.4, 0.5) is 5.95 Å². The van der Waals surface area contributed by atoms with E-state index in [9.17, 15) is 4.79 Å². The van der Waals surface area contributed by atoms with Gasteiger partial charge in [-0.15, -0.1) is 0 Å². The van der Waals surface area contributed by atoms with Crippen molar-refractivity contribution in [2.45, 2.75) is 25.4 Å². The van der Waals surface area contributed by atoms with Crippen molar-refractivity contribution in [1.29, 1.82) is 0 Å². The molecule has 0 unspecified atom stereocenters. The smallest absolute Gasteiger partial charge is 0.251 e. The van der Waals surface area contributed by atoms with Gasteiger partial charge in [-0.05, 0) is 42.7 Å². The van der Waals surface area contributed by atoms with Crippen molar-refractivity contribution >= 4 is 17.0 Å². The molecule has 8 nitrogen and oxygen atoms in total. The lowest BCUT2D eigenvalue weighted by molar-refractivity contribution is 0.0903. The Morgan fingerprint density at radius 3 is 2.90 bits per heavy atom. The number of H-pyrrole nitrogens is 1. The molecule has 0 spiro atoms. The van der Waals surface area contributed by atoms with E-state index in [2.05, 4.69) is 25.3 Å². The molecule has 0 saturated carbocycles. The SMILES string of the molecule is O=c1cc(-c2ccnc(NC3CCOCC3)n2)ccn1Cc1ccc2nc[nH]c2c1. The van der Waals surface area contributed by atoms with Gasteiger partial charge < -0.3 is 19.6 Å². The average molecular weight is 402 g/mol. The van der Waals surface area contributed by atoms with Crippen molar-refractivity contribution < 1.29 is 4.74 Å². The van der Waals surface area contributed by atoms with E-state index in [0.29, 0.717) is 18.5 Å². The number of nitrogens with one attached hydrogen (secondary N) is 2. The highest BCUT2D eigenvalue weighted by atomic mass is 16.5. The van der Waals surface area contributed by atoms with Crippen LogP contribution in [-0.2, 0) is 11.3 Å². The Kier molecular flexibility index (Phi) is 4.98. The fourth-order valence-electron chi connectivity index (χ4n) is 3.69. The predicted octanol–water partition coefficient (Wildman–Crippen LogP) is 2.82. The molecule has 1 aliphatic heterocycles. The maximum atomic E-state index is 12.7. The summed E-state index contributed by atoms with van der Waals surface area (Å²) in [6.45, 7) is 2.00. The lowest BCUT2D eigenvalue weighted by Crippen LogP contribution is -2.28. The quantitative estimate of drug-likeness (QED) is 0.533. The molecule has 0 amide bonds. The van der Waals surface area contributed by atoms with Crippen LogP contribution in [0.1, 0.15) is 18.4 Å². The molecule has 0 atom stereocenters. The van der Waals surface area contributed by atoms with Crippen LogP contribution in [-0.4, -0.2) is 43.8 Å². The van der Waals surface area contributed by atoms with Gasteiger partial charge in [-0.1, -0.05) is 6.07 Å². The number of anilines is 1. The normalized spacial score (nSPS) is 14.8. The number of nitrogens with zero attached hydrogens (tertiary/aromatic N) is 4. The van der Waals surface area contributed by atoms with Crippen molar-refractivity contribution in [3.63, 3.8) is 0 Å². The first-order valence-corrected chi connectivity index (χ1v) is 10.0. The molecule has 4 aromatic rings. The highest BCUT2D eigenvalue weighted by Gasteiger charge is 2.15. The Morgan fingerprint density at radius 2 is 2.03 bits per heavy atom. The summed E-state index contributed by atoms with van der Waals surface area (Å²) in [5.74, 6) is 0.580. The number of hydrogen-bond acceptors (Lipinski definition) is 6. The van der Waals surface area contributed by atoms with Gasteiger partial charge in [0, 0.05) is 43.3 Å². The van der Waals surface area contributed by atoms with Crippen LogP contribution in [0, 0.1) is 0 Å². The molecule has 0 radical (unpaired) electrons. The van der Waals surface area contributed by atoms with Gasteiger partial charge in [0.25, 0.3) is 5.56 Å². The van der Waals surface area contributed by atoms with Crippen molar-refractivity contribution in [3.8, 4) is 11.3 Å². The number of imidazole rings is 1. The third-order valence-electron chi connectivity index (χ3n) is 5.34. The highest BCUT2D eigenvalue weighted by Crippen LogP contribution is 2.18. The van der Waals surface area contributed by atoms with Gasteiger partial charge in [-0.25, -0.2) is 15.0 Å². The summed E-state index contributed by atoms with van der Waals surface area (Å²) in [6.07, 6.45) is 7.07. The minimum absolute atomic E-state index is 0.0743. The average Bonchev–Trinajstić information content (AvgIpc) is 3.24. The van der Waals surface area contributed by atoms with Gasteiger partial charge in [-0.3, -0.25) is 4.79 Å². The van der Waals surface area contributed by atoms with Crippen LogP contribution < -0.4 is 10.9 Å². The summed E-state index contributed by atoms with van der Waals surface area (Å²) in [5, 5.41) is 3.37. The first kappa shape index (κ1) is 18.5. The minimum Gasteiger partial charge on any atom is -0.381 e. The van der Waals surface area contributed by atoms with Crippen molar-refractivity contribution in [1.82, 2.24) is 24.5 Å². The van der Waals surface area contributed by atoms with E-state index in [-0.39, 0.29) is 5.56 Å². The Morgan fingerprint density at radius 1 is 1.13 bits per heavy atom. The molecule has 152 valence electrons. The van der Waals surface area contributed by atoms with Gasteiger partial charge in [-0.2, -0.15) is 0 Å². The van der Waals surface area contributed by atoms with E-state index in [1.807, 2.05) is 36.5 Å². The van der Waals surface area contributed by atoms with E-state index in [0.717, 1.165) is 53.9 Å². The number of aromatic nitrogens is 5. The maximum absolute atomic E-state index is 12.7. The zero-order chi connectivity index (χ0) is 20.3. The molecular formula is C22H22N6O2. The largest absolute Gasteiger partial charge is 0.381 e. The molecular weight excluding hydrogens is 380 g/mol. The van der Waals surface area contributed by atoms with Gasteiger partial charge in [0.05, 0.1) is 29.6 Å². The number of pyridine rings is 1. The van der Waals surface area contributed by atoms with Crippen LogP contribution in [0.25, 0.3) is 22.3 Å². The lowest BCUT2D eigenvalue weighted by Gasteiger charge is -2.23. The fourth-order valence-corrected chi connectivity index (χ4v) is 3.69.